The molecule has 0 saturated carbocycles. The van der Waals surface area contributed by atoms with E-state index in [1.54, 1.807) is 17.0 Å². The fourth-order valence-corrected chi connectivity index (χ4v) is 2.01. The summed E-state index contributed by atoms with van der Waals surface area (Å²) in [6.45, 7) is 5.91. The van der Waals surface area contributed by atoms with E-state index >= 15 is 0 Å². The number of anilines is 1. The predicted octanol–water partition coefficient (Wildman–Crippen LogP) is 2.47. The average Bonchev–Trinajstić information content (AvgIpc) is 2.36. The lowest BCUT2D eigenvalue weighted by Gasteiger charge is -2.35. The van der Waals surface area contributed by atoms with Gasteiger partial charge in [0.2, 0.25) is 0 Å². The molecule has 116 valence electrons. The Balaban J connectivity index is 2.96. The van der Waals surface area contributed by atoms with E-state index in [1.807, 2.05) is 51.9 Å². The number of amides is 1. The number of hydrogen-bond donors (Lipinski definition) is 1. The van der Waals surface area contributed by atoms with Gasteiger partial charge in [-0.05, 0) is 45.0 Å². The Morgan fingerprint density at radius 3 is 2.00 bits per heavy atom. The minimum Gasteiger partial charge on any atom is -0.481 e. The van der Waals surface area contributed by atoms with Crippen molar-refractivity contribution >= 4 is 17.6 Å². The summed E-state index contributed by atoms with van der Waals surface area (Å²) in [5.41, 5.74) is 1.16. The third-order valence-electron chi connectivity index (χ3n) is 3.23. The van der Waals surface area contributed by atoms with E-state index in [0.717, 1.165) is 5.69 Å². The highest BCUT2D eigenvalue weighted by Crippen LogP contribution is 2.20. The van der Waals surface area contributed by atoms with Crippen LogP contribution in [0.25, 0.3) is 0 Å². The van der Waals surface area contributed by atoms with Crippen molar-refractivity contribution in [3.8, 4) is 0 Å². The van der Waals surface area contributed by atoms with Crippen LogP contribution in [0.3, 0.4) is 0 Å². The number of aliphatic carboxylic acids is 1. The maximum absolute atomic E-state index is 12.6. The highest BCUT2D eigenvalue weighted by atomic mass is 16.4. The van der Waals surface area contributed by atoms with Gasteiger partial charge in [-0.15, -0.1) is 0 Å². The number of rotatable bonds is 5. The lowest BCUT2D eigenvalue weighted by atomic mass is 10.0. The number of benzene rings is 1. The SMILES string of the molecule is CN(C)c1ccc(C(=O)N(CCC(=O)O)C(C)(C)C)cc1. The molecule has 21 heavy (non-hydrogen) atoms. The summed E-state index contributed by atoms with van der Waals surface area (Å²) in [4.78, 5) is 26.9. The first-order valence-corrected chi connectivity index (χ1v) is 6.94. The number of carbonyl (C=O) groups excluding carboxylic acids is 1. The molecule has 0 saturated heterocycles. The molecule has 1 amide bonds. The smallest absolute Gasteiger partial charge is 0.305 e. The molecule has 1 aromatic rings. The molecule has 0 radical (unpaired) electrons. The zero-order valence-corrected chi connectivity index (χ0v) is 13.4. The first-order valence-electron chi connectivity index (χ1n) is 6.94. The topological polar surface area (TPSA) is 60.9 Å². The van der Waals surface area contributed by atoms with Gasteiger partial charge in [-0.3, -0.25) is 9.59 Å². The van der Waals surface area contributed by atoms with E-state index < -0.39 is 11.5 Å². The fraction of sp³-hybridized carbons (Fsp3) is 0.500. The highest BCUT2D eigenvalue weighted by Gasteiger charge is 2.27. The minimum absolute atomic E-state index is 0.0568. The second-order valence-corrected chi connectivity index (χ2v) is 6.21. The van der Waals surface area contributed by atoms with Crippen LogP contribution in [0.4, 0.5) is 5.69 Å². The van der Waals surface area contributed by atoms with Gasteiger partial charge < -0.3 is 14.9 Å². The van der Waals surface area contributed by atoms with E-state index in [4.69, 9.17) is 5.11 Å². The second-order valence-electron chi connectivity index (χ2n) is 6.21. The van der Waals surface area contributed by atoms with Crippen molar-refractivity contribution in [1.82, 2.24) is 4.90 Å². The Labute approximate surface area is 126 Å². The number of nitrogens with zero attached hydrogens (tertiary/aromatic N) is 2. The van der Waals surface area contributed by atoms with Gasteiger partial charge in [0.1, 0.15) is 0 Å². The predicted molar refractivity (Wildman–Crippen MR) is 83.8 cm³/mol. The van der Waals surface area contributed by atoms with Gasteiger partial charge in [0.25, 0.3) is 5.91 Å². The van der Waals surface area contributed by atoms with Crippen LogP contribution in [0.5, 0.6) is 0 Å². The normalized spacial score (nSPS) is 11.1. The lowest BCUT2D eigenvalue weighted by Crippen LogP contribution is -2.46. The monoisotopic (exact) mass is 292 g/mol. The molecular weight excluding hydrogens is 268 g/mol. The van der Waals surface area contributed by atoms with Crippen LogP contribution in [0.1, 0.15) is 37.6 Å². The van der Waals surface area contributed by atoms with Crippen molar-refractivity contribution in [3.63, 3.8) is 0 Å². The van der Waals surface area contributed by atoms with E-state index in [2.05, 4.69) is 0 Å². The van der Waals surface area contributed by atoms with Crippen molar-refractivity contribution in [1.29, 1.82) is 0 Å². The Hall–Kier alpha value is -2.04. The van der Waals surface area contributed by atoms with Gasteiger partial charge in [0, 0.05) is 37.4 Å². The summed E-state index contributed by atoms with van der Waals surface area (Å²) < 4.78 is 0. The summed E-state index contributed by atoms with van der Waals surface area (Å²) in [5.74, 6) is -1.05. The first kappa shape index (κ1) is 17.0. The van der Waals surface area contributed by atoms with E-state index in [0.29, 0.717) is 5.56 Å². The van der Waals surface area contributed by atoms with Gasteiger partial charge in [-0.25, -0.2) is 0 Å². The summed E-state index contributed by atoms with van der Waals surface area (Å²) in [7, 11) is 3.87. The zero-order chi connectivity index (χ0) is 16.2. The van der Waals surface area contributed by atoms with Crippen LogP contribution in [-0.2, 0) is 4.79 Å². The molecule has 5 nitrogen and oxygen atoms in total. The summed E-state index contributed by atoms with van der Waals surface area (Å²) in [6.07, 6.45) is -0.0568. The minimum atomic E-state index is -0.903. The quantitative estimate of drug-likeness (QED) is 0.905. The van der Waals surface area contributed by atoms with Gasteiger partial charge in [-0.2, -0.15) is 0 Å². The molecule has 0 aromatic heterocycles. The van der Waals surface area contributed by atoms with Gasteiger partial charge >= 0.3 is 5.97 Å². The number of carbonyl (C=O) groups is 2. The second kappa shape index (κ2) is 6.61. The van der Waals surface area contributed by atoms with Crippen LogP contribution in [0, 0.1) is 0 Å². The van der Waals surface area contributed by atoms with Crippen molar-refractivity contribution in [2.45, 2.75) is 32.7 Å². The number of hydrogen-bond acceptors (Lipinski definition) is 3. The van der Waals surface area contributed by atoms with E-state index in [-0.39, 0.29) is 18.9 Å². The Morgan fingerprint density at radius 1 is 1.10 bits per heavy atom. The van der Waals surface area contributed by atoms with Crippen molar-refractivity contribution in [2.24, 2.45) is 0 Å². The first-order chi connectivity index (χ1) is 9.62. The van der Waals surface area contributed by atoms with Crippen molar-refractivity contribution in [2.75, 3.05) is 25.5 Å². The molecule has 1 N–H and O–H groups in total. The standard InChI is InChI=1S/C16H24N2O3/c1-16(2,3)18(11-10-14(19)20)15(21)12-6-8-13(9-7-12)17(4)5/h6-9H,10-11H2,1-5H3,(H,19,20). The maximum atomic E-state index is 12.6. The molecule has 1 aromatic carbocycles. The molecule has 1 rings (SSSR count). The average molecular weight is 292 g/mol. The molecular formula is C16H24N2O3. The molecule has 0 bridgehead atoms. The van der Waals surface area contributed by atoms with E-state index in [1.165, 1.54) is 0 Å². The Morgan fingerprint density at radius 2 is 1.62 bits per heavy atom. The van der Waals surface area contributed by atoms with Crippen LogP contribution in [-0.4, -0.2) is 48.1 Å². The lowest BCUT2D eigenvalue weighted by molar-refractivity contribution is -0.137. The Bertz CT molecular complexity index is 501. The maximum Gasteiger partial charge on any atom is 0.305 e. The molecule has 0 aliphatic rings. The van der Waals surface area contributed by atoms with Crippen LogP contribution in [0.15, 0.2) is 24.3 Å². The molecule has 0 atom stereocenters. The van der Waals surface area contributed by atoms with Crippen LogP contribution in [0.2, 0.25) is 0 Å². The molecule has 0 aliphatic carbocycles. The molecule has 0 aliphatic heterocycles. The van der Waals surface area contributed by atoms with Gasteiger partial charge in [0.15, 0.2) is 0 Å². The van der Waals surface area contributed by atoms with Gasteiger partial charge in [-0.1, -0.05) is 0 Å². The largest absolute Gasteiger partial charge is 0.481 e. The third-order valence-corrected chi connectivity index (χ3v) is 3.23. The van der Waals surface area contributed by atoms with Crippen molar-refractivity contribution in [3.05, 3.63) is 29.8 Å². The molecule has 0 heterocycles. The van der Waals surface area contributed by atoms with Crippen LogP contribution < -0.4 is 4.90 Å². The summed E-state index contributed by atoms with van der Waals surface area (Å²) in [6, 6.07) is 7.31. The fourth-order valence-electron chi connectivity index (χ4n) is 2.01. The van der Waals surface area contributed by atoms with Gasteiger partial charge in [0.05, 0.1) is 6.42 Å². The molecule has 5 heteroatoms. The van der Waals surface area contributed by atoms with Crippen LogP contribution >= 0.6 is 0 Å². The Kier molecular flexibility index (Phi) is 5.35. The molecule has 0 spiro atoms. The number of carboxylic acids is 1. The summed E-state index contributed by atoms with van der Waals surface area (Å²) >= 11 is 0. The number of carboxylic acid groups (broad SMARTS) is 1. The molecule has 0 fully saturated rings. The van der Waals surface area contributed by atoms with E-state index in [9.17, 15) is 9.59 Å². The molecule has 0 unspecified atom stereocenters. The third kappa shape index (κ3) is 4.77. The zero-order valence-electron chi connectivity index (χ0n) is 13.4. The summed E-state index contributed by atoms with van der Waals surface area (Å²) in [5, 5.41) is 8.83. The highest BCUT2D eigenvalue weighted by molar-refractivity contribution is 5.95. The van der Waals surface area contributed by atoms with Crippen molar-refractivity contribution < 1.29 is 14.7 Å².